The highest BCUT2D eigenvalue weighted by Crippen LogP contribution is 2.34. The van der Waals surface area contributed by atoms with E-state index in [0.717, 1.165) is 12.8 Å². The lowest BCUT2D eigenvalue weighted by molar-refractivity contribution is 0.0563. The molecule has 0 saturated heterocycles. The highest BCUT2D eigenvalue weighted by atomic mass is 32.2. The number of likely N-dealkylation sites (N-methyl/N-ethyl adjacent to an activating group) is 1. The highest BCUT2D eigenvalue weighted by molar-refractivity contribution is 7.89. The molecule has 8 nitrogen and oxygen atoms in total. The number of aromatic nitrogens is 1. The average molecular weight is 498 g/mol. The van der Waals surface area contributed by atoms with E-state index in [-0.39, 0.29) is 42.2 Å². The molecule has 2 heterocycles. The predicted molar refractivity (Wildman–Crippen MR) is 131 cm³/mol. The lowest BCUT2D eigenvalue weighted by atomic mass is 10.0. The molecule has 4 rings (SSSR count). The van der Waals surface area contributed by atoms with Gasteiger partial charge in [0.25, 0.3) is 5.91 Å². The van der Waals surface area contributed by atoms with Crippen molar-refractivity contribution in [2.45, 2.75) is 43.7 Å². The van der Waals surface area contributed by atoms with Crippen LogP contribution in [0.5, 0.6) is 5.75 Å². The van der Waals surface area contributed by atoms with Crippen molar-refractivity contribution in [3.8, 4) is 17.6 Å². The fourth-order valence-corrected chi connectivity index (χ4v) is 5.83. The summed E-state index contributed by atoms with van der Waals surface area (Å²) < 4.78 is 34.8. The summed E-state index contributed by atoms with van der Waals surface area (Å²) in [5.74, 6) is 6.49. The van der Waals surface area contributed by atoms with Crippen LogP contribution in [-0.4, -0.2) is 72.5 Å². The van der Waals surface area contributed by atoms with E-state index in [1.54, 1.807) is 55.5 Å². The van der Waals surface area contributed by atoms with Crippen molar-refractivity contribution < 1.29 is 23.1 Å². The summed E-state index contributed by atoms with van der Waals surface area (Å²) in [5, 5.41) is 9.78. The number of aliphatic hydroxyl groups excluding tert-OH is 1. The molecule has 1 aliphatic carbocycles. The molecule has 1 aliphatic heterocycles. The first-order chi connectivity index (χ1) is 16.7. The molecule has 1 amide bonds. The number of ether oxygens (including phenoxy) is 1. The third-order valence-electron chi connectivity index (χ3n) is 6.39. The Labute approximate surface area is 207 Å². The van der Waals surface area contributed by atoms with Gasteiger partial charge in [-0.3, -0.25) is 9.78 Å². The van der Waals surface area contributed by atoms with Crippen LogP contribution < -0.4 is 4.74 Å². The minimum Gasteiger partial charge on any atom is -0.487 e. The van der Waals surface area contributed by atoms with Crippen molar-refractivity contribution in [1.82, 2.24) is 14.2 Å². The van der Waals surface area contributed by atoms with Gasteiger partial charge >= 0.3 is 0 Å². The SMILES string of the molecule is C[C@@H]1CN([C@H](C)CO)S(=O)(=O)c2ccc(C#CC3CC3)cc2O[C@H]1CN(C)C(=O)c1ccncc1. The molecule has 0 radical (unpaired) electrons. The fourth-order valence-electron chi connectivity index (χ4n) is 4.00. The minimum absolute atomic E-state index is 0.0368. The van der Waals surface area contributed by atoms with E-state index in [1.165, 1.54) is 10.4 Å². The van der Waals surface area contributed by atoms with Gasteiger partial charge in [0.15, 0.2) is 0 Å². The monoisotopic (exact) mass is 497 g/mol. The Kier molecular flexibility index (Phi) is 7.45. The van der Waals surface area contributed by atoms with E-state index in [2.05, 4.69) is 16.8 Å². The standard InChI is InChI=1S/C26H31N3O5S/c1-18-15-29(19(2)17-30)35(32,33)25-9-8-21(7-6-20-4-5-20)14-23(25)34-24(18)16-28(3)26(31)22-10-12-27-13-11-22/h8-14,18-20,24,30H,4-5,15-17H2,1-3H3/t18-,19-,24+/m1/s1. The van der Waals surface area contributed by atoms with Crippen molar-refractivity contribution in [3.05, 3.63) is 53.9 Å². The van der Waals surface area contributed by atoms with Gasteiger partial charge in [-0.1, -0.05) is 18.8 Å². The second-order valence-corrected chi connectivity index (χ2v) is 11.2. The Morgan fingerprint density at radius 3 is 2.66 bits per heavy atom. The molecule has 1 aromatic carbocycles. The summed E-state index contributed by atoms with van der Waals surface area (Å²) in [7, 11) is -2.23. The number of fused-ring (bicyclic) bond motifs is 1. The van der Waals surface area contributed by atoms with Crippen LogP contribution in [0.2, 0.25) is 0 Å². The average Bonchev–Trinajstić information content (AvgIpc) is 3.69. The predicted octanol–water partition coefficient (Wildman–Crippen LogP) is 2.38. The Hall–Kier alpha value is -2.93. The summed E-state index contributed by atoms with van der Waals surface area (Å²) in [4.78, 5) is 18.5. The van der Waals surface area contributed by atoms with E-state index in [1.807, 2.05) is 6.92 Å². The number of benzene rings is 1. The third-order valence-corrected chi connectivity index (χ3v) is 8.41. The normalized spacial score (nSPS) is 22.4. The Morgan fingerprint density at radius 1 is 1.29 bits per heavy atom. The van der Waals surface area contributed by atoms with Crippen LogP contribution in [-0.2, 0) is 10.0 Å². The molecule has 35 heavy (non-hydrogen) atoms. The summed E-state index contributed by atoms with van der Waals surface area (Å²) in [5.41, 5.74) is 1.19. The molecule has 1 aromatic heterocycles. The number of nitrogens with zero attached hydrogens (tertiary/aromatic N) is 3. The first kappa shape index (κ1) is 25.2. The molecule has 3 atom stereocenters. The molecule has 1 fully saturated rings. The summed E-state index contributed by atoms with van der Waals surface area (Å²) in [6.07, 6.45) is 4.83. The van der Waals surface area contributed by atoms with Crippen molar-refractivity contribution in [1.29, 1.82) is 0 Å². The van der Waals surface area contributed by atoms with Crippen LogP contribution in [0, 0.1) is 23.7 Å². The number of carbonyl (C=O) groups excluding carboxylic acids is 1. The number of rotatable bonds is 5. The maximum absolute atomic E-state index is 13.6. The van der Waals surface area contributed by atoms with Crippen LogP contribution in [0.3, 0.4) is 0 Å². The summed E-state index contributed by atoms with van der Waals surface area (Å²) in [6.45, 7) is 3.66. The van der Waals surface area contributed by atoms with E-state index < -0.39 is 22.2 Å². The second-order valence-electron chi connectivity index (χ2n) is 9.37. The van der Waals surface area contributed by atoms with Gasteiger partial charge in [0.2, 0.25) is 10.0 Å². The van der Waals surface area contributed by atoms with E-state index in [4.69, 9.17) is 4.74 Å². The van der Waals surface area contributed by atoms with Gasteiger partial charge < -0.3 is 14.7 Å². The number of hydrogen-bond acceptors (Lipinski definition) is 6. The van der Waals surface area contributed by atoms with Crippen LogP contribution in [0.4, 0.5) is 0 Å². The Balaban J connectivity index is 1.69. The number of pyridine rings is 1. The number of carbonyl (C=O) groups is 1. The van der Waals surface area contributed by atoms with Gasteiger partial charge in [-0.25, -0.2) is 8.42 Å². The lowest BCUT2D eigenvalue weighted by Gasteiger charge is -2.37. The number of aliphatic hydroxyl groups is 1. The minimum atomic E-state index is -3.92. The van der Waals surface area contributed by atoms with Crippen molar-refractivity contribution >= 4 is 15.9 Å². The number of amides is 1. The maximum atomic E-state index is 13.6. The zero-order chi connectivity index (χ0) is 25.2. The Bertz CT molecular complexity index is 1230. The molecule has 0 bridgehead atoms. The summed E-state index contributed by atoms with van der Waals surface area (Å²) in [6, 6.07) is 7.57. The van der Waals surface area contributed by atoms with Crippen molar-refractivity contribution in [3.63, 3.8) is 0 Å². The molecule has 2 aliphatic rings. The van der Waals surface area contributed by atoms with Gasteiger partial charge in [0.1, 0.15) is 16.7 Å². The highest BCUT2D eigenvalue weighted by Gasteiger charge is 2.38. The van der Waals surface area contributed by atoms with Gasteiger partial charge in [-0.05, 0) is 50.1 Å². The molecule has 2 aromatic rings. The molecular formula is C26H31N3O5S. The molecule has 0 unspecified atom stereocenters. The largest absolute Gasteiger partial charge is 0.487 e. The Morgan fingerprint density at radius 2 is 2.00 bits per heavy atom. The third kappa shape index (κ3) is 5.67. The quantitative estimate of drug-likeness (QED) is 0.637. The van der Waals surface area contributed by atoms with E-state index >= 15 is 0 Å². The van der Waals surface area contributed by atoms with Crippen LogP contribution >= 0.6 is 0 Å². The fraction of sp³-hybridized carbons (Fsp3) is 0.462. The number of sulfonamides is 1. The summed E-state index contributed by atoms with van der Waals surface area (Å²) >= 11 is 0. The van der Waals surface area contributed by atoms with Gasteiger partial charge in [-0.2, -0.15) is 4.31 Å². The van der Waals surface area contributed by atoms with Crippen LogP contribution in [0.25, 0.3) is 0 Å². The van der Waals surface area contributed by atoms with Crippen LogP contribution in [0.1, 0.15) is 42.6 Å². The molecule has 9 heteroatoms. The zero-order valence-corrected chi connectivity index (χ0v) is 21.0. The van der Waals surface area contributed by atoms with E-state index in [9.17, 15) is 18.3 Å². The number of hydrogen-bond donors (Lipinski definition) is 1. The maximum Gasteiger partial charge on any atom is 0.253 e. The van der Waals surface area contributed by atoms with Crippen molar-refractivity contribution in [2.24, 2.45) is 11.8 Å². The topological polar surface area (TPSA) is 100 Å². The van der Waals surface area contributed by atoms with Crippen molar-refractivity contribution in [2.75, 3.05) is 26.7 Å². The van der Waals surface area contributed by atoms with Gasteiger partial charge in [0, 0.05) is 55.0 Å². The molecule has 1 N–H and O–H groups in total. The van der Waals surface area contributed by atoms with Gasteiger partial charge in [0.05, 0.1) is 13.2 Å². The zero-order valence-electron chi connectivity index (χ0n) is 20.2. The van der Waals surface area contributed by atoms with Gasteiger partial charge in [-0.15, -0.1) is 0 Å². The van der Waals surface area contributed by atoms with E-state index in [0.29, 0.717) is 17.0 Å². The molecule has 186 valence electrons. The molecular weight excluding hydrogens is 466 g/mol. The lowest BCUT2D eigenvalue weighted by Crippen LogP contribution is -2.50. The smallest absolute Gasteiger partial charge is 0.253 e. The second kappa shape index (κ2) is 10.4. The first-order valence-electron chi connectivity index (χ1n) is 11.8. The first-order valence-corrected chi connectivity index (χ1v) is 13.2. The molecule has 1 saturated carbocycles. The van der Waals surface area contributed by atoms with Crippen LogP contribution in [0.15, 0.2) is 47.6 Å². The molecule has 0 spiro atoms.